The van der Waals surface area contributed by atoms with Crippen LogP contribution in [0, 0.1) is 0 Å². The highest BCUT2D eigenvalue weighted by molar-refractivity contribution is 9.09. The van der Waals surface area contributed by atoms with Crippen molar-refractivity contribution in [2.75, 3.05) is 25.0 Å². The molecule has 1 aromatic rings. The third-order valence-corrected chi connectivity index (χ3v) is 4.27. The minimum absolute atomic E-state index is 0.618. The summed E-state index contributed by atoms with van der Waals surface area (Å²) in [6, 6.07) is 8.46. The number of rotatable bonds is 8. The Morgan fingerprint density at radius 2 is 2.00 bits per heavy atom. The third kappa shape index (κ3) is 4.81. The molecule has 0 fully saturated rings. The molecule has 1 unspecified atom stereocenters. The SMILES string of the molecule is BrCCCCCCNCC1CCOc2ccccc21. The molecule has 3 heteroatoms. The number of benzene rings is 1. The summed E-state index contributed by atoms with van der Waals surface area (Å²) in [5.74, 6) is 1.70. The molecular formula is C16H24BrNO. The van der Waals surface area contributed by atoms with E-state index in [0.29, 0.717) is 5.92 Å². The molecule has 1 N–H and O–H groups in total. The lowest BCUT2D eigenvalue weighted by Gasteiger charge is -2.26. The van der Waals surface area contributed by atoms with Crippen molar-refractivity contribution in [3.63, 3.8) is 0 Å². The molecule has 0 amide bonds. The number of unbranched alkanes of at least 4 members (excludes halogenated alkanes) is 3. The third-order valence-electron chi connectivity index (χ3n) is 3.71. The summed E-state index contributed by atoms with van der Waals surface area (Å²) in [7, 11) is 0. The fourth-order valence-electron chi connectivity index (χ4n) is 2.60. The van der Waals surface area contributed by atoms with Crippen LogP contribution in [0.15, 0.2) is 24.3 Å². The van der Waals surface area contributed by atoms with Gasteiger partial charge in [-0.1, -0.05) is 47.0 Å². The average molecular weight is 326 g/mol. The number of hydrogen-bond donors (Lipinski definition) is 1. The van der Waals surface area contributed by atoms with E-state index in [-0.39, 0.29) is 0 Å². The van der Waals surface area contributed by atoms with Gasteiger partial charge in [-0.15, -0.1) is 0 Å². The summed E-state index contributed by atoms with van der Waals surface area (Å²) in [5.41, 5.74) is 1.38. The molecule has 0 aromatic heterocycles. The van der Waals surface area contributed by atoms with Gasteiger partial charge in [0.05, 0.1) is 6.61 Å². The van der Waals surface area contributed by atoms with Crippen molar-refractivity contribution in [3.05, 3.63) is 29.8 Å². The van der Waals surface area contributed by atoms with Gasteiger partial charge in [-0.25, -0.2) is 0 Å². The van der Waals surface area contributed by atoms with Gasteiger partial charge in [-0.2, -0.15) is 0 Å². The Balaban J connectivity index is 1.67. The maximum atomic E-state index is 5.69. The Morgan fingerprint density at radius 1 is 1.16 bits per heavy atom. The van der Waals surface area contributed by atoms with Crippen LogP contribution < -0.4 is 10.1 Å². The monoisotopic (exact) mass is 325 g/mol. The highest BCUT2D eigenvalue weighted by atomic mass is 79.9. The molecule has 0 saturated carbocycles. The summed E-state index contributed by atoms with van der Waals surface area (Å²) in [5, 5.41) is 4.74. The Morgan fingerprint density at radius 3 is 2.89 bits per heavy atom. The second kappa shape index (κ2) is 8.60. The van der Waals surface area contributed by atoms with Gasteiger partial charge in [0, 0.05) is 17.8 Å². The van der Waals surface area contributed by atoms with Crippen LogP contribution >= 0.6 is 15.9 Å². The van der Waals surface area contributed by atoms with E-state index in [9.17, 15) is 0 Å². The van der Waals surface area contributed by atoms with Gasteiger partial charge in [-0.05, 0) is 37.4 Å². The molecule has 1 aliphatic heterocycles. The molecule has 1 heterocycles. The molecule has 2 nitrogen and oxygen atoms in total. The molecule has 0 spiro atoms. The number of halogens is 1. The largest absolute Gasteiger partial charge is 0.493 e. The summed E-state index contributed by atoms with van der Waals surface area (Å²) in [4.78, 5) is 0. The van der Waals surface area contributed by atoms with Crippen molar-refractivity contribution in [2.45, 2.75) is 38.0 Å². The van der Waals surface area contributed by atoms with E-state index in [2.05, 4.69) is 45.5 Å². The van der Waals surface area contributed by atoms with Crippen molar-refractivity contribution in [1.29, 1.82) is 0 Å². The standard InChI is InChI=1S/C16H24BrNO/c17-10-5-1-2-6-11-18-13-14-9-12-19-16-8-4-3-7-15(14)16/h3-4,7-8,14,18H,1-2,5-6,9-13H2. The minimum Gasteiger partial charge on any atom is -0.493 e. The molecule has 0 radical (unpaired) electrons. The number of ether oxygens (including phenoxy) is 1. The van der Waals surface area contributed by atoms with Crippen LogP contribution in [-0.2, 0) is 0 Å². The molecule has 106 valence electrons. The van der Waals surface area contributed by atoms with Crippen molar-refractivity contribution in [2.24, 2.45) is 0 Å². The molecule has 0 bridgehead atoms. The van der Waals surface area contributed by atoms with E-state index in [1.54, 1.807) is 0 Å². The molecule has 1 atom stereocenters. The van der Waals surface area contributed by atoms with Crippen LogP contribution in [0.4, 0.5) is 0 Å². The predicted molar refractivity (Wildman–Crippen MR) is 84.4 cm³/mol. The molecule has 0 saturated heterocycles. The first-order chi connectivity index (χ1) is 9.42. The summed E-state index contributed by atoms with van der Waals surface area (Å²) >= 11 is 3.47. The number of fused-ring (bicyclic) bond motifs is 1. The van der Waals surface area contributed by atoms with Gasteiger partial charge >= 0.3 is 0 Å². The predicted octanol–water partition coefficient (Wildman–Crippen LogP) is 4.10. The second-order valence-corrected chi connectivity index (χ2v) is 5.97. The Kier molecular flexibility index (Phi) is 6.72. The van der Waals surface area contributed by atoms with E-state index >= 15 is 0 Å². The van der Waals surface area contributed by atoms with Gasteiger partial charge in [0.1, 0.15) is 5.75 Å². The number of para-hydroxylation sites is 1. The average Bonchev–Trinajstić information content (AvgIpc) is 2.46. The first-order valence-corrected chi connectivity index (χ1v) is 8.52. The van der Waals surface area contributed by atoms with Crippen LogP contribution in [0.1, 0.15) is 43.6 Å². The van der Waals surface area contributed by atoms with Crippen molar-refractivity contribution in [3.8, 4) is 5.75 Å². The van der Waals surface area contributed by atoms with Gasteiger partial charge in [0.25, 0.3) is 0 Å². The Labute approximate surface area is 125 Å². The van der Waals surface area contributed by atoms with Gasteiger partial charge in [-0.3, -0.25) is 0 Å². The van der Waals surface area contributed by atoms with Crippen molar-refractivity contribution in [1.82, 2.24) is 5.32 Å². The van der Waals surface area contributed by atoms with Gasteiger partial charge in [0.15, 0.2) is 0 Å². The molecule has 1 aromatic carbocycles. The highest BCUT2D eigenvalue weighted by Crippen LogP contribution is 2.32. The van der Waals surface area contributed by atoms with Gasteiger partial charge < -0.3 is 10.1 Å². The summed E-state index contributed by atoms with van der Waals surface area (Å²) in [6.07, 6.45) is 6.40. The molecular weight excluding hydrogens is 302 g/mol. The Hall–Kier alpha value is -0.540. The summed E-state index contributed by atoms with van der Waals surface area (Å²) < 4.78 is 5.69. The quantitative estimate of drug-likeness (QED) is 0.574. The van der Waals surface area contributed by atoms with Crippen LogP contribution in [0.25, 0.3) is 0 Å². The lowest BCUT2D eigenvalue weighted by molar-refractivity contribution is 0.264. The number of hydrogen-bond acceptors (Lipinski definition) is 2. The first kappa shape index (κ1) is 14.9. The van der Waals surface area contributed by atoms with Crippen LogP contribution in [0.2, 0.25) is 0 Å². The van der Waals surface area contributed by atoms with Crippen molar-refractivity contribution >= 4 is 15.9 Å². The molecule has 0 aliphatic carbocycles. The normalized spacial score (nSPS) is 17.8. The maximum Gasteiger partial charge on any atom is 0.122 e. The maximum absolute atomic E-state index is 5.69. The topological polar surface area (TPSA) is 21.3 Å². The fraction of sp³-hybridized carbons (Fsp3) is 0.625. The fourth-order valence-corrected chi connectivity index (χ4v) is 3.00. The number of alkyl halides is 1. The Bertz CT molecular complexity index is 370. The zero-order valence-electron chi connectivity index (χ0n) is 11.5. The number of nitrogens with one attached hydrogen (secondary N) is 1. The van der Waals surface area contributed by atoms with E-state index in [1.807, 2.05) is 0 Å². The lowest BCUT2D eigenvalue weighted by Crippen LogP contribution is -2.26. The van der Waals surface area contributed by atoms with Gasteiger partial charge in [0.2, 0.25) is 0 Å². The van der Waals surface area contributed by atoms with Crippen LogP contribution in [-0.4, -0.2) is 25.0 Å². The van der Waals surface area contributed by atoms with E-state index in [4.69, 9.17) is 4.74 Å². The summed E-state index contributed by atoms with van der Waals surface area (Å²) in [6.45, 7) is 3.08. The van der Waals surface area contributed by atoms with E-state index in [0.717, 1.165) is 37.2 Å². The lowest BCUT2D eigenvalue weighted by atomic mass is 9.93. The van der Waals surface area contributed by atoms with E-state index < -0.39 is 0 Å². The first-order valence-electron chi connectivity index (χ1n) is 7.40. The van der Waals surface area contributed by atoms with Crippen LogP contribution in [0.3, 0.4) is 0 Å². The molecule has 1 aliphatic rings. The molecule has 19 heavy (non-hydrogen) atoms. The van der Waals surface area contributed by atoms with Crippen LogP contribution in [0.5, 0.6) is 5.75 Å². The minimum atomic E-state index is 0.618. The second-order valence-electron chi connectivity index (χ2n) is 5.18. The highest BCUT2D eigenvalue weighted by Gasteiger charge is 2.20. The van der Waals surface area contributed by atoms with Crippen molar-refractivity contribution < 1.29 is 4.74 Å². The van der Waals surface area contributed by atoms with E-state index in [1.165, 1.54) is 31.2 Å². The molecule has 2 rings (SSSR count). The smallest absolute Gasteiger partial charge is 0.122 e. The zero-order chi connectivity index (χ0) is 13.3. The zero-order valence-corrected chi connectivity index (χ0v) is 13.1.